The van der Waals surface area contributed by atoms with Crippen LogP contribution in [0.4, 0.5) is 11.5 Å². The van der Waals surface area contributed by atoms with Gasteiger partial charge in [-0.25, -0.2) is 4.98 Å². The number of aryl methyl sites for hydroxylation is 1. The summed E-state index contributed by atoms with van der Waals surface area (Å²) in [4.78, 5) is 19.1. The molecule has 0 aliphatic carbocycles. The van der Waals surface area contributed by atoms with Gasteiger partial charge in [0.2, 0.25) is 0 Å². The van der Waals surface area contributed by atoms with E-state index in [2.05, 4.69) is 20.5 Å². The summed E-state index contributed by atoms with van der Waals surface area (Å²) in [5.41, 5.74) is 3.96. The molecule has 1 amide bonds. The van der Waals surface area contributed by atoms with Crippen molar-refractivity contribution in [1.82, 2.24) is 9.88 Å². The molecule has 4 rings (SSSR count). The smallest absolute Gasteiger partial charge is 0.258 e. The van der Waals surface area contributed by atoms with E-state index in [0.29, 0.717) is 39.5 Å². The summed E-state index contributed by atoms with van der Waals surface area (Å²) in [6.45, 7) is 4.34. The Bertz CT molecular complexity index is 1140. The summed E-state index contributed by atoms with van der Waals surface area (Å²) in [6.07, 6.45) is 2.62. The van der Waals surface area contributed by atoms with Crippen LogP contribution in [-0.4, -0.2) is 34.7 Å². The van der Waals surface area contributed by atoms with Crippen LogP contribution in [0.25, 0.3) is 0 Å². The van der Waals surface area contributed by atoms with Crippen molar-refractivity contribution in [2.45, 2.75) is 19.9 Å². The van der Waals surface area contributed by atoms with Crippen molar-refractivity contribution in [2.75, 3.05) is 23.7 Å². The number of nitrogens with zero attached hydrogens (tertiary/aromatic N) is 2. The molecule has 2 heterocycles. The number of likely N-dealkylation sites (tertiary alicyclic amines) is 1. The monoisotopic (exact) mass is 467 g/mol. The number of pyridine rings is 1. The van der Waals surface area contributed by atoms with Crippen molar-refractivity contribution in [3.8, 4) is 0 Å². The first-order chi connectivity index (χ1) is 15.4. The Morgan fingerprint density at radius 2 is 1.84 bits per heavy atom. The van der Waals surface area contributed by atoms with E-state index in [-0.39, 0.29) is 5.91 Å². The highest BCUT2D eigenvalue weighted by Crippen LogP contribution is 2.27. The lowest BCUT2D eigenvalue weighted by Gasteiger charge is -2.33. The molecule has 6 nitrogen and oxygen atoms in total. The van der Waals surface area contributed by atoms with Gasteiger partial charge < -0.3 is 15.5 Å². The maximum atomic E-state index is 12.9. The number of hydrogen-bond donors (Lipinski definition) is 3. The fourth-order valence-electron chi connectivity index (χ4n) is 3.48. The van der Waals surface area contributed by atoms with Crippen molar-refractivity contribution >= 4 is 46.4 Å². The summed E-state index contributed by atoms with van der Waals surface area (Å²) in [7, 11) is 0. The van der Waals surface area contributed by atoms with Gasteiger partial charge in [0, 0.05) is 36.4 Å². The van der Waals surface area contributed by atoms with E-state index in [4.69, 9.17) is 28.6 Å². The second-order valence-corrected chi connectivity index (χ2v) is 8.57. The van der Waals surface area contributed by atoms with Gasteiger partial charge in [0.25, 0.3) is 5.91 Å². The number of carbonyl (C=O) groups excluding carboxylic acids is 1. The molecule has 0 spiro atoms. The molecule has 1 fully saturated rings. The number of anilines is 2. The average Bonchev–Trinajstić information content (AvgIpc) is 2.73. The number of amidine groups is 1. The highest BCUT2D eigenvalue weighted by atomic mass is 35.5. The first-order valence-corrected chi connectivity index (χ1v) is 11.1. The summed E-state index contributed by atoms with van der Waals surface area (Å²) < 4.78 is 0. The molecule has 0 unspecified atom stereocenters. The van der Waals surface area contributed by atoms with Crippen LogP contribution < -0.4 is 10.6 Å². The number of benzene rings is 2. The minimum atomic E-state index is -0.314. The largest absolute Gasteiger partial charge is 0.380 e. The zero-order chi connectivity index (χ0) is 22.7. The van der Waals surface area contributed by atoms with Crippen molar-refractivity contribution in [3.05, 3.63) is 87.0 Å². The molecule has 8 heteroatoms. The van der Waals surface area contributed by atoms with Crippen LogP contribution in [0.5, 0.6) is 0 Å². The second kappa shape index (κ2) is 9.59. The van der Waals surface area contributed by atoms with Crippen LogP contribution in [0, 0.1) is 12.3 Å². The fraction of sp³-hybridized carbons (Fsp3) is 0.208. The summed E-state index contributed by atoms with van der Waals surface area (Å²) in [5.74, 6) is 0.661. The molecule has 0 radical (unpaired) electrons. The molecule has 1 aliphatic rings. The molecule has 0 bridgehead atoms. The molecule has 32 heavy (non-hydrogen) atoms. The van der Waals surface area contributed by atoms with E-state index < -0.39 is 0 Å². The van der Waals surface area contributed by atoms with Gasteiger partial charge in [-0.05, 0) is 48.7 Å². The van der Waals surface area contributed by atoms with Gasteiger partial charge in [-0.3, -0.25) is 10.2 Å². The predicted octanol–water partition coefficient (Wildman–Crippen LogP) is 5.59. The molecule has 1 aromatic heterocycles. The quantitative estimate of drug-likeness (QED) is 0.325. The Balaban J connectivity index is 1.48. The highest BCUT2D eigenvalue weighted by Gasteiger charge is 2.18. The van der Waals surface area contributed by atoms with E-state index >= 15 is 0 Å². The topological polar surface area (TPSA) is 81.1 Å². The molecular weight excluding hydrogens is 445 g/mol. The number of halogens is 2. The molecule has 0 atom stereocenters. The molecule has 2 aromatic carbocycles. The molecule has 0 saturated carbocycles. The lowest BCUT2D eigenvalue weighted by Crippen LogP contribution is -2.42. The highest BCUT2D eigenvalue weighted by molar-refractivity contribution is 6.31. The van der Waals surface area contributed by atoms with Crippen molar-refractivity contribution in [1.29, 1.82) is 5.41 Å². The van der Waals surface area contributed by atoms with E-state index in [0.717, 1.165) is 36.2 Å². The van der Waals surface area contributed by atoms with Crippen LogP contribution >= 0.6 is 23.2 Å². The minimum Gasteiger partial charge on any atom is -0.380 e. The number of hydrogen-bond acceptors (Lipinski definition) is 4. The summed E-state index contributed by atoms with van der Waals surface area (Å²) in [6, 6.07) is 14.7. The van der Waals surface area contributed by atoms with Crippen LogP contribution in [0.3, 0.4) is 0 Å². The van der Waals surface area contributed by atoms with Gasteiger partial charge in [0.05, 0.1) is 16.3 Å². The van der Waals surface area contributed by atoms with Gasteiger partial charge in [0.15, 0.2) is 0 Å². The minimum absolute atomic E-state index is 0.314. The summed E-state index contributed by atoms with van der Waals surface area (Å²) in [5, 5.41) is 15.4. The standard InChI is InChI=1S/C24H23Cl2N5O/c1-15-11-19(26)12-20(24(32)30-21-8-7-18(25)14-28-21)22(15)29-13-16-3-5-17(6-4-16)23(27)31-9-2-10-31/h3-8,11-12,14,27,29H,2,9-10,13H2,1H3,(H,28,30,32). The van der Waals surface area contributed by atoms with E-state index in [1.165, 1.54) is 6.20 Å². The fourth-order valence-corrected chi connectivity index (χ4v) is 3.87. The van der Waals surface area contributed by atoms with Gasteiger partial charge >= 0.3 is 0 Å². The second-order valence-electron chi connectivity index (χ2n) is 7.70. The predicted molar refractivity (Wildman–Crippen MR) is 130 cm³/mol. The number of aromatic nitrogens is 1. The maximum Gasteiger partial charge on any atom is 0.258 e. The molecule has 1 saturated heterocycles. The van der Waals surface area contributed by atoms with Gasteiger partial charge in [-0.2, -0.15) is 0 Å². The third-order valence-electron chi connectivity index (χ3n) is 5.38. The first-order valence-electron chi connectivity index (χ1n) is 10.3. The number of nitrogens with one attached hydrogen (secondary N) is 3. The maximum absolute atomic E-state index is 12.9. The number of amides is 1. The lowest BCUT2D eigenvalue weighted by atomic mass is 10.1. The van der Waals surface area contributed by atoms with Crippen LogP contribution in [0.1, 0.15) is 33.5 Å². The Hall–Kier alpha value is -3.09. The van der Waals surface area contributed by atoms with Gasteiger partial charge in [-0.15, -0.1) is 0 Å². The van der Waals surface area contributed by atoms with Crippen LogP contribution in [0.15, 0.2) is 54.7 Å². The molecule has 3 aromatic rings. The normalized spacial score (nSPS) is 12.8. The number of rotatable bonds is 6. The molecule has 3 N–H and O–H groups in total. The summed E-state index contributed by atoms with van der Waals surface area (Å²) >= 11 is 12.1. The van der Waals surface area contributed by atoms with Crippen molar-refractivity contribution < 1.29 is 4.79 Å². The van der Waals surface area contributed by atoms with Crippen LogP contribution in [0.2, 0.25) is 10.0 Å². The SMILES string of the molecule is Cc1cc(Cl)cc(C(=O)Nc2ccc(Cl)cn2)c1NCc1ccc(C(=N)N2CCC2)cc1. The third kappa shape index (κ3) is 5.03. The molecule has 164 valence electrons. The first kappa shape index (κ1) is 22.1. The Morgan fingerprint density at radius 1 is 1.09 bits per heavy atom. The van der Waals surface area contributed by atoms with E-state index in [1.54, 1.807) is 18.2 Å². The average molecular weight is 468 g/mol. The van der Waals surface area contributed by atoms with Crippen molar-refractivity contribution in [2.24, 2.45) is 0 Å². The third-order valence-corrected chi connectivity index (χ3v) is 5.82. The lowest BCUT2D eigenvalue weighted by molar-refractivity contribution is 0.102. The molecular formula is C24H23Cl2N5O. The zero-order valence-corrected chi connectivity index (χ0v) is 19.1. The Kier molecular flexibility index (Phi) is 6.63. The van der Waals surface area contributed by atoms with E-state index in [9.17, 15) is 4.79 Å². The number of carbonyl (C=O) groups is 1. The molecule has 1 aliphatic heterocycles. The van der Waals surface area contributed by atoms with E-state index in [1.807, 2.05) is 37.3 Å². The van der Waals surface area contributed by atoms with Crippen LogP contribution in [-0.2, 0) is 6.54 Å². The van der Waals surface area contributed by atoms with Gasteiger partial charge in [-0.1, -0.05) is 47.5 Å². The Labute approximate surface area is 197 Å². The Morgan fingerprint density at radius 3 is 2.47 bits per heavy atom. The zero-order valence-electron chi connectivity index (χ0n) is 17.6. The van der Waals surface area contributed by atoms with Crippen molar-refractivity contribution in [3.63, 3.8) is 0 Å². The van der Waals surface area contributed by atoms with Gasteiger partial charge in [0.1, 0.15) is 11.7 Å².